The zero-order chi connectivity index (χ0) is 14.5. The number of nitrogens with two attached hydrogens (primary N) is 1. The summed E-state index contributed by atoms with van der Waals surface area (Å²) in [5.41, 5.74) is 6.98. The van der Waals surface area contributed by atoms with Crippen LogP contribution < -0.4 is 10.5 Å². The Morgan fingerprint density at radius 3 is 3.05 bits per heavy atom. The number of anilines is 1. The van der Waals surface area contributed by atoms with Gasteiger partial charge in [0.2, 0.25) is 0 Å². The molecule has 1 unspecified atom stereocenters. The van der Waals surface area contributed by atoms with Crippen LogP contribution in [0.1, 0.15) is 12.5 Å². The fraction of sp³-hybridized carbons (Fsp3) is 0.500. The molecule has 0 aliphatic carbocycles. The first-order valence-corrected chi connectivity index (χ1v) is 7.67. The molecule has 5 nitrogen and oxygen atoms in total. The summed E-state index contributed by atoms with van der Waals surface area (Å²) in [4.78, 5) is 2.34. The van der Waals surface area contributed by atoms with Gasteiger partial charge in [0.15, 0.2) is 5.75 Å². The average molecular weight is 387 g/mol. The highest BCUT2D eigenvalue weighted by molar-refractivity contribution is 14.1. The molecule has 1 heterocycles. The van der Waals surface area contributed by atoms with Crippen LogP contribution in [-0.4, -0.2) is 43.9 Å². The summed E-state index contributed by atoms with van der Waals surface area (Å²) in [5, 5.41) is 8.89. The maximum Gasteiger partial charge on any atom is 0.155 e. The van der Waals surface area contributed by atoms with Crippen molar-refractivity contribution in [2.45, 2.75) is 13.0 Å². The van der Waals surface area contributed by atoms with Crippen LogP contribution in [0.15, 0.2) is 12.1 Å². The van der Waals surface area contributed by atoms with E-state index in [9.17, 15) is 0 Å². The number of nitrogens with zero attached hydrogens (tertiary/aromatic N) is 2. The molecule has 0 bridgehead atoms. The zero-order valence-electron chi connectivity index (χ0n) is 11.4. The molecule has 1 aliphatic heterocycles. The van der Waals surface area contributed by atoms with Crippen molar-refractivity contribution in [3.05, 3.63) is 21.3 Å². The highest BCUT2D eigenvalue weighted by Crippen LogP contribution is 2.29. The first-order chi connectivity index (χ1) is 9.63. The quantitative estimate of drug-likeness (QED) is 0.631. The molecule has 20 heavy (non-hydrogen) atoms. The lowest BCUT2D eigenvalue weighted by Gasteiger charge is -2.32. The molecular formula is C14H18IN3O2. The molecule has 6 heteroatoms. The Morgan fingerprint density at radius 2 is 2.40 bits per heavy atom. The van der Waals surface area contributed by atoms with Gasteiger partial charge >= 0.3 is 0 Å². The highest BCUT2D eigenvalue weighted by Gasteiger charge is 2.20. The molecule has 1 atom stereocenters. The first-order valence-electron chi connectivity index (χ1n) is 6.60. The summed E-state index contributed by atoms with van der Waals surface area (Å²) in [7, 11) is 0. The van der Waals surface area contributed by atoms with Crippen LogP contribution in [0, 0.1) is 14.9 Å². The maximum absolute atomic E-state index is 8.89. The van der Waals surface area contributed by atoms with E-state index in [1.54, 1.807) is 12.1 Å². The summed E-state index contributed by atoms with van der Waals surface area (Å²) in [6.07, 6.45) is 0.0644. The number of nitriles is 1. The summed E-state index contributed by atoms with van der Waals surface area (Å²) in [6, 6.07) is 5.49. The average Bonchev–Trinajstić information content (AvgIpc) is 2.46. The van der Waals surface area contributed by atoms with E-state index in [0.29, 0.717) is 23.6 Å². The van der Waals surface area contributed by atoms with Gasteiger partial charge in [0, 0.05) is 13.1 Å². The molecule has 1 aromatic rings. The monoisotopic (exact) mass is 387 g/mol. The Balaban J connectivity index is 1.99. The number of hydrogen-bond donors (Lipinski definition) is 1. The predicted octanol–water partition coefficient (Wildman–Crippen LogP) is 1.84. The van der Waals surface area contributed by atoms with Gasteiger partial charge in [-0.1, -0.05) is 6.92 Å². The van der Waals surface area contributed by atoms with Crippen molar-refractivity contribution < 1.29 is 9.47 Å². The van der Waals surface area contributed by atoms with Crippen LogP contribution >= 0.6 is 22.6 Å². The standard InChI is InChI=1S/C14H18IN3O2/c1-2-18-3-4-19-11(8-18)9-20-14-12(15)5-10(7-16)6-13(14)17/h5-6,11H,2-4,8-9,17H2,1H3. The second-order valence-corrected chi connectivity index (χ2v) is 5.85. The van der Waals surface area contributed by atoms with Crippen LogP contribution in [0.4, 0.5) is 5.69 Å². The summed E-state index contributed by atoms with van der Waals surface area (Å²) < 4.78 is 12.3. The number of halogens is 1. The number of nitrogen functional groups attached to an aromatic ring is 1. The van der Waals surface area contributed by atoms with Gasteiger partial charge in [-0.15, -0.1) is 0 Å². The molecule has 2 rings (SSSR count). The first kappa shape index (κ1) is 15.4. The van der Waals surface area contributed by atoms with E-state index in [1.807, 2.05) is 0 Å². The van der Waals surface area contributed by atoms with Crippen LogP contribution in [0.5, 0.6) is 5.75 Å². The van der Waals surface area contributed by atoms with E-state index in [-0.39, 0.29) is 6.10 Å². The second-order valence-electron chi connectivity index (χ2n) is 4.69. The van der Waals surface area contributed by atoms with Gasteiger partial charge in [0.25, 0.3) is 0 Å². The van der Waals surface area contributed by atoms with E-state index < -0.39 is 0 Å². The van der Waals surface area contributed by atoms with Crippen molar-refractivity contribution in [2.75, 3.05) is 38.6 Å². The minimum absolute atomic E-state index is 0.0644. The Hall–Kier alpha value is -1.04. The van der Waals surface area contributed by atoms with Gasteiger partial charge in [0.05, 0.1) is 27.5 Å². The second kappa shape index (κ2) is 7.11. The lowest BCUT2D eigenvalue weighted by molar-refractivity contribution is -0.0464. The Bertz CT molecular complexity index is 493. The third-order valence-corrected chi connectivity index (χ3v) is 4.09. The van der Waals surface area contributed by atoms with Crippen molar-refractivity contribution in [3.63, 3.8) is 0 Å². The molecule has 0 amide bonds. The topological polar surface area (TPSA) is 71.5 Å². The predicted molar refractivity (Wildman–Crippen MR) is 85.6 cm³/mol. The number of rotatable bonds is 4. The molecule has 1 aromatic carbocycles. The minimum atomic E-state index is 0.0644. The third kappa shape index (κ3) is 3.75. The van der Waals surface area contributed by atoms with Gasteiger partial charge in [-0.05, 0) is 41.3 Å². The van der Waals surface area contributed by atoms with Crippen LogP contribution in [0.3, 0.4) is 0 Å². The van der Waals surface area contributed by atoms with Crippen LogP contribution in [0.25, 0.3) is 0 Å². The van der Waals surface area contributed by atoms with Crippen molar-refractivity contribution in [1.82, 2.24) is 4.90 Å². The van der Waals surface area contributed by atoms with Gasteiger partial charge in [0.1, 0.15) is 12.7 Å². The number of benzene rings is 1. The normalized spacial score (nSPS) is 19.6. The Labute approximate surface area is 132 Å². The summed E-state index contributed by atoms with van der Waals surface area (Å²) in [6.45, 7) is 6.23. The smallest absolute Gasteiger partial charge is 0.155 e. The third-order valence-electron chi connectivity index (χ3n) is 3.29. The number of ether oxygens (including phenoxy) is 2. The van der Waals surface area contributed by atoms with Crippen LogP contribution in [0.2, 0.25) is 0 Å². The van der Waals surface area contributed by atoms with Crippen LogP contribution in [-0.2, 0) is 4.74 Å². The van der Waals surface area contributed by atoms with E-state index in [1.165, 1.54) is 0 Å². The molecule has 1 saturated heterocycles. The summed E-state index contributed by atoms with van der Waals surface area (Å²) in [5.74, 6) is 0.641. The SMILES string of the molecule is CCN1CCOC(COc2c(N)cc(C#N)cc2I)C1. The minimum Gasteiger partial charge on any atom is -0.488 e. The molecule has 0 radical (unpaired) electrons. The molecule has 1 aliphatic rings. The lowest BCUT2D eigenvalue weighted by Crippen LogP contribution is -2.44. The van der Waals surface area contributed by atoms with E-state index in [0.717, 1.165) is 29.8 Å². The molecular weight excluding hydrogens is 369 g/mol. The lowest BCUT2D eigenvalue weighted by atomic mass is 10.2. The molecule has 2 N–H and O–H groups in total. The van der Waals surface area contributed by atoms with Crippen molar-refractivity contribution >= 4 is 28.3 Å². The van der Waals surface area contributed by atoms with E-state index >= 15 is 0 Å². The fourth-order valence-electron chi connectivity index (χ4n) is 2.18. The highest BCUT2D eigenvalue weighted by atomic mass is 127. The number of hydrogen-bond acceptors (Lipinski definition) is 5. The van der Waals surface area contributed by atoms with Crippen molar-refractivity contribution in [3.8, 4) is 11.8 Å². The molecule has 0 saturated carbocycles. The largest absolute Gasteiger partial charge is 0.488 e. The van der Waals surface area contributed by atoms with Gasteiger partial charge in [-0.3, -0.25) is 4.90 Å². The zero-order valence-corrected chi connectivity index (χ0v) is 13.6. The Morgan fingerprint density at radius 1 is 1.60 bits per heavy atom. The van der Waals surface area contributed by atoms with Crippen molar-refractivity contribution in [2.24, 2.45) is 0 Å². The van der Waals surface area contributed by atoms with Gasteiger partial charge in [-0.2, -0.15) is 5.26 Å². The molecule has 108 valence electrons. The Kier molecular flexibility index (Phi) is 5.46. The molecule has 0 spiro atoms. The molecule has 1 fully saturated rings. The number of morpholine rings is 1. The number of likely N-dealkylation sites (N-methyl/N-ethyl adjacent to an activating group) is 1. The van der Waals surface area contributed by atoms with Gasteiger partial charge in [-0.25, -0.2) is 0 Å². The van der Waals surface area contributed by atoms with Crippen molar-refractivity contribution in [1.29, 1.82) is 5.26 Å². The maximum atomic E-state index is 8.89. The van der Waals surface area contributed by atoms with E-state index in [4.69, 9.17) is 20.5 Å². The van der Waals surface area contributed by atoms with Gasteiger partial charge < -0.3 is 15.2 Å². The summed E-state index contributed by atoms with van der Waals surface area (Å²) >= 11 is 2.13. The molecule has 0 aromatic heterocycles. The van der Waals surface area contributed by atoms with E-state index in [2.05, 4.69) is 40.5 Å². The fourth-order valence-corrected chi connectivity index (χ4v) is 2.98.